The highest BCUT2D eigenvalue weighted by molar-refractivity contribution is 6.12. The molecule has 1 aliphatic heterocycles. The Bertz CT molecular complexity index is 773. The van der Waals surface area contributed by atoms with Gasteiger partial charge in [0.25, 0.3) is 5.91 Å². The Morgan fingerprint density at radius 2 is 1.27 bits per heavy atom. The molecule has 0 bridgehead atoms. The van der Waals surface area contributed by atoms with Crippen molar-refractivity contribution in [1.29, 1.82) is 0 Å². The second-order valence-corrected chi connectivity index (χ2v) is 6.06. The number of amides is 1. The molecule has 0 saturated heterocycles. The lowest BCUT2D eigenvalue weighted by molar-refractivity contribution is 0.102. The summed E-state index contributed by atoms with van der Waals surface area (Å²) in [4.78, 5) is 12.6. The van der Waals surface area contributed by atoms with Gasteiger partial charge in [-0.25, -0.2) is 0 Å². The van der Waals surface area contributed by atoms with Crippen molar-refractivity contribution in [3.05, 3.63) is 65.2 Å². The number of benzene rings is 2. The van der Waals surface area contributed by atoms with Crippen LogP contribution in [0.5, 0.6) is 0 Å². The number of allylic oxidation sites excluding steroid dienone is 2. The number of rotatable bonds is 0. The van der Waals surface area contributed by atoms with Gasteiger partial charge in [-0.2, -0.15) is 0 Å². The number of nitrogens with one attached hydrogen (secondary N) is 1. The van der Waals surface area contributed by atoms with Crippen molar-refractivity contribution in [2.24, 2.45) is 0 Å². The molecule has 4 rings (SSSR count). The molecule has 0 aromatic heterocycles. The molecule has 22 heavy (non-hydrogen) atoms. The molecular weight excluding hydrogens is 270 g/mol. The van der Waals surface area contributed by atoms with E-state index in [-0.39, 0.29) is 5.91 Å². The highest BCUT2D eigenvalue weighted by Gasteiger charge is 2.24. The van der Waals surface area contributed by atoms with Crippen LogP contribution < -0.4 is 5.32 Å². The zero-order valence-electron chi connectivity index (χ0n) is 12.6. The smallest absolute Gasteiger partial charge is 0.256 e. The summed E-state index contributed by atoms with van der Waals surface area (Å²) in [5, 5.41) is 3.10. The van der Waals surface area contributed by atoms with E-state index in [0.717, 1.165) is 29.7 Å². The standard InChI is InChI=1S/C20H19NO/c22-20-18-12-5-4-10-16(18)14-8-2-1-3-9-15(14)17-11-6-7-13-19(17)21-20/h4-7,10-13H,1-3,8-9H2,(H,21,22). The van der Waals surface area contributed by atoms with E-state index in [1.54, 1.807) is 0 Å². The molecule has 1 N–H and O–H groups in total. The molecule has 0 unspecified atom stereocenters. The van der Waals surface area contributed by atoms with Crippen molar-refractivity contribution in [2.45, 2.75) is 32.1 Å². The number of carbonyl (C=O) groups excluding carboxylic acids is 1. The van der Waals surface area contributed by atoms with Crippen LogP contribution in [0.4, 0.5) is 5.69 Å². The average molecular weight is 289 g/mol. The van der Waals surface area contributed by atoms with Crippen LogP contribution in [-0.2, 0) is 0 Å². The van der Waals surface area contributed by atoms with Crippen molar-refractivity contribution in [1.82, 2.24) is 0 Å². The second kappa shape index (κ2) is 5.45. The Morgan fingerprint density at radius 3 is 2.05 bits per heavy atom. The van der Waals surface area contributed by atoms with Crippen LogP contribution in [0.2, 0.25) is 0 Å². The van der Waals surface area contributed by atoms with E-state index in [9.17, 15) is 4.79 Å². The number of anilines is 1. The maximum absolute atomic E-state index is 12.6. The first-order valence-corrected chi connectivity index (χ1v) is 8.07. The first-order chi connectivity index (χ1) is 10.8. The lowest BCUT2D eigenvalue weighted by atomic mass is 9.86. The van der Waals surface area contributed by atoms with Gasteiger partial charge in [-0.05, 0) is 54.5 Å². The monoisotopic (exact) mass is 289 g/mol. The lowest BCUT2D eigenvalue weighted by Crippen LogP contribution is -2.17. The van der Waals surface area contributed by atoms with Gasteiger partial charge in [-0.15, -0.1) is 0 Å². The largest absolute Gasteiger partial charge is 0.321 e. The molecule has 0 spiro atoms. The third kappa shape index (κ3) is 2.16. The van der Waals surface area contributed by atoms with E-state index >= 15 is 0 Å². The Morgan fingerprint density at radius 1 is 0.682 bits per heavy atom. The fourth-order valence-electron chi connectivity index (χ4n) is 3.67. The van der Waals surface area contributed by atoms with Gasteiger partial charge in [0, 0.05) is 16.8 Å². The first kappa shape index (κ1) is 13.3. The summed E-state index contributed by atoms with van der Waals surface area (Å²) in [7, 11) is 0. The molecule has 0 saturated carbocycles. The molecule has 2 nitrogen and oxygen atoms in total. The van der Waals surface area contributed by atoms with Crippen LogP contribution in [0.15, 0.2) is 48.5 Å². The predicted octanol–water partition coefficient (Wildman–Crippen LogP) is 5.13. The van der Waals surface area contributed by atoms with E-state index in [1.807, 2.05) is 30.3 Å². The van der Waals surface area contributed by atoms with Crippen LogP contribution in [0.1, 0.15) is 53.6 Å². The molecule has 1 amide bonds. The molecule has 2 aliphatic rings. The normalized spacial score (nSPS) is 17.4. The Balaban J connectivity index is 2.04. The number of hydrogen-bond acceptors (Lipinski definition) is 1. The average Bonchev–Trinajstić information content (AvgIpc) is 2.80. The van der Waals surface area contributed by atoms with Gasteiger partial charge in [0.05, 0.1) is 0 Å². The molecule has 1 aliphatic carbocycles. The van der Waals surface area contributed by atoms with Gasteiger partial charge in [0.15, 0.2) is 0 Å². The number of fused-ring (bicyclic) bond motifs is 4. The SMILES string of the molecule is O=C1Nc2ccccc2C2=C(CCCCC2)c2ccccc21. The van der Waals surface area contributed by atoms with Crippen LogP contribution in [-0.4, -0.2) is 5.91 Å². The minimum atomic E-state index is -0.00107. The summed E-state index contributed by atoms with van der Waals surface area (Å²) < 4.78 is 0. The van der Waals surface area contributed by atoms with Gasteiger partial charge in [0.1, 0.15) is 0 Å². The number of carbonyl (C=O) groups is 1. The molecule has 0 radical (unpaired) electrons. The quantitative estimate of drug-likeness (QED) is 0.716. The summed E-state index contributed by atoms with van der Waals surface area (Å²) in [5.74, 6) is -0.00107. The van der Waals surface area contributed by atoms with E-state index in [2.05, 4.69) is 23.5 Å². The number of para-hydroxylation sites is 1. The van der Waals surface area contributed by atoms with Gasteiger partial charge >= 0.3 is 0 Å². The molecule has 2 heteroatoms. The lowest BCUT2D eigenvalue weighted by Gasteiger charge is -2.22. The highest BCUT2D eigenvalue weighted by atomic mass is 16.1. The van der Waals surface area contributed by atoms with E-state index in [4.69, 9.17) is 0 Å². The Hall–Kier alpha value is -2.35. The molecule has 110 valence electrons. The molecule has 2 aromatic carbocycles. The summed E-state index contributed by atoms with van der Waals surface area (Å²) in [5.41, 5.74) is 6.84. The predicted molar refractivity (Wildman–Crippen MR) is 90.7 cm³/mol. The van der Waals surface area contributed by atoms with Gasteiger partial charge in [-0.3, -0.25) is 4.79 Å². The number of hydrogen-bond donors (Lipinski definition) is 1. The van der Waals surface area contributed by atoms with Crippen molar-refractivity contribution in [2.75, 3.05) is 5.32 Å². The van der Waals surface area contributed by atoms with Crippen LogP contribution in [0.3, 0.4) is 0 Å². The van der Waals surface area contributed by atoms with E-state index in [1.165, 1.54) is 36.0 Å². The maximum Gasteiger partial charge on any atom is 0.256 e. The van der Waals surface area contributed by atoms with Crippen LogP contribution >= 0.6 is 0 Å². The topological polar surface area (TPSA) is 29.1 Å². The summed E-state index contributed by atoms with van der Waals surface area (Å²) in [6.45, 7) is 0. The highest BCUT2D eigenvalue weighted by Crippen LogP contribution is 2.41. The Kier molecular flexibility index (Phi) is 3.30. The van der Waals surface area contributed by atoms with Crippen LogP contribution in [0.25, 0.3) is 11.1 Å². The van der Waals surface area contributed by atoms with Gasteiger partial charge in [0.2, 0.25) is 0 Å². The fourth-order valence-corrected chi connectivity index (χ4v) is 3.67. The second-order valence-electron chi connectivity index (χ2n) is 6.06. The van der Waals surface area contributed by atoms with E-state index in [0.29, 0.717) is 0 Å². The zero-order chi connectivity index (χ0) is 14.9. The summed E-state index contributed by atoms with van der Waals surface area (Å²) in [6.07, 6.45) is 5.85. The summed E-state index contributed by atoms with van der Waals surface area (Å²) >= 11 is 0. The molecule has 2 aromatic rings. The van der Waals surface area contributed by atoms with Gasteiger partial charge < -0.3 is 5.32 Å². The maximum atomic E-state index is 12.6. The minimum absolute atomic E-state index is 0.00107. The van der Waals surface area contributed by atoms with Crippen molar-refractivity contribution in [3.8, 4) is 0 Å². The van der Waals surface area contributed by atoms with E-state index < -0.39 is 0 Å². The molecule has 0 atom stereocenters. The molecule has 1 heterocycles. The van der Waals surface area contributed by atoms with Crippen LogP contribution in [0, 0.1) is 0 Å². The molecule has 0 fully saturated rings. The van der Waals surface area contributed by atoms with Crippen molar-refractivity contribution in [3.63, 3.8) is 0 Å². The van der Waals surface area contributed by atoms with Gasteiger partial charge in [-0.1, -0.05) is 42.8 Å². The first-order valence-electron chi connectivity index (χ1n) is 8.07. The summed E-state index contributed by atoms with van der Waals surface area (Å²) in [6, 6.07) is 16.2. The van der Waals surface area contributed by atoms with Crippen molar-refractivity contribution < 1.29 is 4.79 Å². The van der Waals surface area contributed by atoms with Crippen molar-refractivity contribution >= 4 is 22.7 Å². The minimum Gasteiger partial charge on any atom is -0.321 e. The Labute approximate surface area is 130 Å². The molecular formula is C20H19NO. The third-order valence-corrected chi connectivity index (χ3v) is 4.72. The fraction of sp³-hybridized carbons (Fsp3) is 0.250. The third-order valence-electron chi connectivity index (χ3n) is 4.72. The zero-order valence-corrected chi connectivity index (χ0v) is 12.6.